The molecule has 0 aliphatic carbocycles. The van der Waals surface area contributed by atoms with Crippen LogP contribution in [0.25, 0.3) is 0 Å². The van der Waals surface area contributed by atoms with Crippen molar-refractivity contribution in [3.63, 3.8) is 0 Å². The summed E-state index contributed by atoms with van der Waals surface area (Å²) in [6.07, 6.45) is 0. The van der Waals surface area contributed by atoms with Crippen LogP contribution in [0.1, 0.15) is 13.8 Å². The molecule has 0 bridgehead atoms. The summed E-state index contributed by atoms with van der Waals surface area (Å²) in [6.45, 7) is 3.05. The second kappa shape index (κ2) is 4.61. The van der Waals surface area contributed by atoms with E-state index in [2.05, 4.69) is 10.6 Å². The molecule has 0 radical (unpaired) electrons. The molecule has 19 heavy (non-hydrogen) atoms. The third kappa shape index (κ3) is 2.65. The van der Waals surface area contributed by atoms with E-state index in [4.69, 9.17) is 10.00 Å². The van der Waals surface area contributed by atoms with Crippen molar-refractivity contribution >= 4 is 23.2 Å². The Morgan fingerprint density at radius 3 is 2.95 bits per heavy atom. The molecule has 1 heterocycles. The minimum absolute atomic E-state index is 0.0137. The van der Waals surface area contributed by atoms with Gasteiger partial charge in [-0.2, -0.15) is 5.26 Å². The van der Waals surface area contributed by atoms with E-state index < -0.39 is 11.3 Å². The molecular formula is C13H13N3O3. The zero-order valence-electron chi connectivity index (χ0n) is 10.6. The minimum Gasteiger partial charge on any atom is -0.482 e. The molecule has 0 spiro atoms. The van der Waals surface area contributed by atoms with E-state index in [1.54, 1.807) is 18.2 Å². The van der Waals surface area contributed by atoms with Gasteiger partial charge in [0.2, 0.25) is 5.91 Å². The lowest BCUT2D eigenvalue weighted by molar-refractivity contribution is -0.121. The number of hydrogen-bond acceptors (Lipinski definition) is 4. The molecule has 1 aliphatic heterocycles. The number of rotatable bonds is 2. The van der Waals surface area contributed by atoms with E-state index >= 15 is 0 Å². The number of hydrogen-bond donors (Lipinski definition) is 2. The quantitative estimate of drug-likeness (QED) is 0.842. The summed E-state index contributed by atoms with van der Waals surface area (Å²) in [5.41, 5.74) is -0.114. The van der Waals surface area contributed by atoms with Crippen LogP contribution in [0.2, 0.25) is 0 Å². The minimum atomic E-state index is -1.12. The molecule has 0 saturated carbocycles. The average Bonchev–Trinajstić information content (AvgIpc) is 2.38. The van der Waals surface area contributed by atoms with Crippen LogP contribution in [0.3, 0.4) is 0 Å². The maximum atomic E-state index is 11.8. The predicted molar refractivity (Wildman–Crippen MR) is 68.6 cm³/mol. The van der Waals surface area contributed by atoms with E-state index in [0.717, 1.165) is 0 Å². The Balaban J connectivity index is 2.20. The van der Waals surface area contributed by atoms with Crippen LogP contribution >= 0.6 is 0 Å². The monoisotopic (exact) mass is 259 g/mol. The Hall–Kier alpha value is -2.55. The van der Waals surface area contributed by atoms with Gasteiger partial charge in [-0.25, -0.2) is 0 Å². The first kappa shape index (κ1) is 12.9. The molecule has 0 atom stereocenters. The van der Waals surface area contributed by atoms with Crippen molar-refractivity contribution in [1.82, 2.24) is 0 Å². The highest BCUT2D eigenvalue weighted by Gasteiger charge is 2.27. The van der Waals surface area contributed by atoms with E-state index in [1.165, 1.54) is 13.8 Å². The lowest BCUT2D eigenvalue weighted by atomic mass is 9.94. The molecule has 0 aromatic heterocycles. The fraction of sp³-hybridized carbons (Fsp3) is 0.308. The van der Waals surface area contributed by atoms with E-state index in [0.29, 0.717) is 17.1 Å². The second-order valence-electron chi connectivity index (χ2n) is 4.74. The van der Waals surface area contributed by atoms with Gasteiger partial charge in [-0.1, -0.05) is 0 Å². The Morgan fingerprint density at radius 1 is 1.53 bits per heavy atom. The first-order chi connectivity index (χ1) is 8.92. The van der Waals surface area contributed by atoms with Crippen molar-refractivity contribution in [2.24, 2.45) is 5.41 Å². The Bertz CT molecular complexity index is 587. The molecule has 0 saturated heterocycles. The van der Waals surface area contributed by atoms with Crippen molar-refractivity contribution in [1.29, 1.82) is 5.26 Å². The molecule has 0 unspecified atom stereocenters. The zero-order chi connectivity index (χ0) is 14.0. The van der Waals surface area contributed by atoms with Crippen LogP contribution in [0.4, 0.5) is 11.4 Å². The number of ether oxygens (including phenoxy) is 1. The molecule has 1 aromatic carbocycles. The van der Waals surface area contributed by atoms with E-state index in [-0.39, 0.29) is 12.5 Å². The maximum absolute atomic E-state index is 11.8. The molecule has 6 heteroatoms. The van der Waals surface area contributed by atoms with Gasteiger partial charge in [0.15, 0.2) is 6.61 Å². The first-order valence-electron chi connectivity index (χ1n) is 5.72. The van der Waals surface area contributed by atoms with Gasteiger partial charge in [0.1, 0.15) is 11.2 Å². The van der Waals surface area contributed by atoms with Gasteiger partial charge in [-0.05, 0) is 32.0 Å². The number of amides is 2. The number of benzene rings is 1. The van der Waals surface area contributed by atoms with Crippen molar-refractivity contribution < 1.29 is 14.3 Å². The average molecular weight is 259 g/mol. The molecule has 1 aromatic rings. The second-order valence-corrected chi connectivity index (χ2v) is 4.74. The van der Waals surface area contributed by atoms with Gasteiger partial charge in [-0.15, -0.1) is 0 Å². The molecular weight excluding hydrogens is 246 g/mol. The summed E-state index contributed by atoms with van der Waals surface area (Å²) in [7, 11) is 0. The Morgan fingerprint density at radius 2 is 2.26 bits per heavy atom. The van der Waals surface area contributed by atoms with Crippen LogP contribution in [-0.2, 0) is 9.59 Å². The number of nitriles is 1. The van der Waals surface area contributed by atoms with Gasteiger partial charge in [-0.3, -0.25) is 9.59 Å². The Kier molecular flexibility index (Phi) is 3.13. The third-order valence-corrected chi connectivity index (χ3v) is 2.72. The summed E-state index contributed by atoms with van der Waals surface area (Å²) < 4.78 is 5.21. The van der Waals surface area contributed by atoms with Crippen molar-refractivity contribution in [2.75, 3.05) is 17.2 Å². The number of carbonyl (C=O) groups is 2. The van der Waals surface area contributed by atoms with Crippen molar-refractivity contribution in [2.45, 2.75) is 13.8 Å². The molecule has 0 fully saturated rings. The number of nitrogens with one attached hydrogen (secondary N) is 2. The van der Waals surface area contributed by atoms with Crippen LogP contribution in [0, 0.1) is 16.7 Å². The standard InChI is InChI=1S/C13H13N3O3/c1-13(2,7-14)12(18)15-8-3-4-10-9(5-8)16-11(17)6-19-10/h3-5H,6H2,1-2H3,(H,15,18)(H,16,17). The largest absolute Gasteiger partial charge is 0.482 e. The van der Waals surface area contributed by atoms with Crippen LogP contribution in [-0.4, -0.2) is 18.4 Å². The number of anilines is 2. The fourth-order valence-electron chi connectivity index (χ4n) is 1.50. The number of fused-ring (bicyclic) bond motifs is 1. The van der Waals surface area contributed by atoms with Crippen molar-refractivity contribution in [3.8, 4) is 11.8 Å². The van der Waals surface area contributed by atoms with Gasteiger partial charge in [0, 0.05) is 5.69 Å². The molecule has 98 valence electrons. The SMILES string of the molecule is CC(C)(C#N)C(=O)Nc1ccc2c(c1)NC(=O)CO2. The summed E-state index contributed by atoms with van der Waals surface area (Å²) in [5.74, 6) is -0.0940. The van der Waals surface area contributed by atoms with Gasteiger partial charge >= 0.3 is 0 Å². The number of nitrogens with zero attached hydrogens (tertiary/aromatic N) is 1. The van der Waals surface area contributed by atoms with Crippen LogP contribution in [0.5, 0.6) is 5.75 Å². The van der Waals surface area contributed by atoms with Gasteiger partial charge in [0.05, 0.1) is 11.8 Å². The van der Waals surface area contributed by atoms with Crippen molar-refractivity contribution in [3.05, 3.63) is 18.2 Å². The summed E-state index contributed by atoms with van der Waals surface area (Å²) in [4.78, 5) is 23.0. The molecule has 2 N–H and O–H groups in total. The molecule has 2 amide bonds. The highest BCUT2D eigenvalue weighted by atomic mass is 16.5. The highest BCUT2D eigenvalue weighted by molar-refractivity contribution is 5.99. The lowest BCUT2D eigenvalue weighted by Crippen LogP contribution is -2.29. The van der Waals surface area contributed by atoms with E-state index in [9.17, 15) is 9.59 Å². The summed E-state index contributed by atoms with van der Waals surface area (Å²) in [5, 5.41) is 14.2. The van der Waals surface area contributed by atoms with Gasteiger partial charge in [0.25, 0.3) is 5.91 Å². The predicted octanol–water partition coefficient (Wildman–Crippen LogP) is 1.51. The van der Waals surface area contributed by atoms with Crippen LogP contribution < -0.4 is 15.4 Å². The fourth-order valence-corrected chi connectivity index (χ4v) is 1.50. The normalized spacial score (nSPS) is 13.6. The third-order valence-electron chi connectivity index (χ3n) is 2.72. The maximum Gasteiger partial charge on any atom is 0.262 e. The summed E-state index contributed by atoms with van der Waals surface area (Å²) >= 11 is 0. The van der Waals surface area contributed by atoms with Crippen LogP contribution in [0.15, 0.2) is 18.2 Å². The number of carbonyl (C=O) groups excluding carboxylic acids is 2. The molecule has 1 aliphatic rings. The Labute approximate surface area is 110 Å². The zero-order valence-corrected chi connectivity index (χ0v) is 10.6. The topological polar surface area (TPSA) is 91.2 Å². The summed E-state index contributed by atoms with van der Waals surface area (Å²) in [6, 6.07) is 6.83. The highest BCUT2D eigenvalue weighted by Crippen LogP contribution is 2.31. The molecule has 6 nitrogen and oxygen atoms in total. The smallest absolute Gasteiger partial charge is 0.262 e. The first-order valence-corrected chi connectivity index (χ1v) is 5.72. The lowest BCUT2D eigenvalue weighted by Gasteiger charge is -2.20. The van der Waals surface area contributed by atoms with E-state index in [1.807, 2.05) is 6.07 Å². The molecule has 2 rings (SSSR count). The van der Waals surface area contributed by atoms with Gasteiger partial charge < -0.3 is 15.4 Å².